The third-order valence-corrected chi connectivity index (χ3v) is 2.71. The van der Waals surface area contributed by atoms with Gasteiger partial charge in [-0.05, 0) is 24.3 Å². The van der Waals surface area contributed by atoms with Gasteiger partial charge in [0.15, 0.2) is 17.5 Å². The number of nitrogens with zero attached hydrogens (tertiary/aromatic N) is 2. The summed E-state index contributed by atoms with van der Waals surface area (Å²) in [5.74, 6) is -4.51. The summed E-state index contributed by atoms with van der Waals surface area (Å²) in [6, 6.07) is 4.53. The molecular formula is C14H12F3N3O. The number of hydrogen-bond donors (Lipinski definition) is 1. The smallest absolute Gasteiger partial charge is 0.255 e. The quantitative estimate of drug-likeness (QED) is 0.886. The molecule has 2 aromatic rings. The van der Waals surface area contributed by atoms with Gasteiger partial charge in [0.05, 0.1) is 11.9 Å². The number of anilines is 2. The number of benzene rings is 1. The molecule has 0 saturated carbocycles. The second-order valence-corrected chi connectivity index (χ2v) is 4.51. The average Bonchev–Trinajstić information content (AvgIpc) is 2.44. The van der Waals surface area contributed by atoms with Crippen molar-refractivity contribution < 1.29 is 18.0 Å². The van der Waals surface area contributed by atoms with Gasteiger partial charge in [-0.1, -0.05) is 0 Å². The number of amides is 1. The number of carbonyl (C=O) groups excluding carboxylic acids is 1. The molecule has 0 aliphatic heterocycles. The van der Waals surface area contributed by atoms with E-state index >= 15 is 0 Å². The number of rotatable bonds is 3. The van der Waals surface area contributed by atoms with E-state index in [0.29, 0.717) is 23.6 Å². The highest BCUT2D eigenvalue weighted by atomic mass is 19.2. The highest BCUT2D eigenvalue weighted by Gasteiger charge is 2.15. The van der Waals surface area contributed by atoms with Gasteiger partial charge in [-0.3, -0.25) is 4.79 Å². The molecular weight excluding hydrogens is 283 g/mol. The van der Waals surface area contributed by atoms with E-state index in [2.05, 4.69) is 10.3 Å². The van der Waals surface area contributed by atoms with Gasteiger partial charge >= 0.3 is 0 Å². The van der Waals surface area contributed by atoms with Crippen LogP contribution in [0, 0.1) is 17.5 Å². The minimum Gasteiger partial charge on any atom is -0.363 e. The van der Waals surface area contributed by atoms with Crippen molar-refractivity contribution in [2.75, 3.05) is 24.3 Å². The molecule has 0 fully saturated rings. The molecule has 0 radical (unpaired) electrons. The van der Waals surface area contributed by atoms with Crippen LogP contribution in [0.2, 0.25) is 0 Å². The minimum atomic E-state index is -1.61. The Kier molecular flexibility index (Phi) is 4.11. The van der Waals surface area contributed by atoms with Crippen LogP contribution in [0.5, 0.6) is 0 Å². The molecule has 0 aliphatic carbocycles. The number of nitrogens with one attached hydrogen (secondary N) is 1. The third kappa shape index (κ3) is 3.31. The van der Waals surface area contributed by atoms with Crippen molar-refractivity contribution in [3.8, 4) is 0 Å². The molecule has 21 heavy (non-hydrogen) atoms. The number of hydrogen-bond acceptors (Lipinski definition) is 3. The first-order valence-corrected chi connectivity index (χ1v) is 5.97. The molecule has 0 aliphatic rings. The van der Waals surface area contributed by atoms with Gasteiger partial charge in [0.2, 0.25) is 0 Å². The molecule has 7 heteroatoms. The second-order valence-electron chi connectivity index (χ2n) is 4.51. The minimum absolute atomic E-state index is 0.317. The maximum Gasteiger partial charge on any atom is 0.255 e. The van der Waals surface area contributed by atoms with Crippen molar-refractivity contribution in [2.45, 2.75) is 0 Å². The zero-order valence-electron chi connectivity index (χ0n) is 11.3. The normalized spacial score (nSPS) is 10.3. The lowest BCUT2D eigenvalue weighted by molar-refractivity contribution is 0.102. The maximum atomic E-state index is 13.1. The summed E-state index contributed by atoms with van der Waals surface area (Å²) in [6.07, 6.45) is 1.41. The Balaban J connectivity index is 2.18. The van der Waals surface area contributed by atoms with Crippen molar-refractivity contribution in [3.05, 3.63) is 53.5 Å². The molecule has 1 aromatic carbocycles. The lowest BCUT2D eigenvalue weighted by Gasteiger charge is -2.11. The Morgan fingerprint density at radius 3 is 2.24 bits per heavy atom. The first kappa shape index (κ1) is 14.8. The summed E-state index contributed by atoms with van der Waals surface area (Å²) < 4.78 is 39.0. The van der Waals surface area contributed by atoms with Crippen LogP contribution in [0.15, 0.2) is 30.5 Å². The Hall–Kier alpha value is -2.57. The Labute approximate surface area is 119 Å². The van der Waals surface area contributed by atoms with Crippen molar-refractivity contribution >= 4 is 17.4 Å². The number of halogens is 3. The third-order valence-electron chi connectivity index (χ3n) is 2.71. The SMILES string of the molecule is CN(C)c1ccc(NC(=O)c2cc(F)c(F)c(F)c2)cn1. The highest BCUT2D eigenvalue weighted by Crippen LogP contribution is 2.16. The van der Waals surface area contributed by atoms with E-state index in [-0.39, 0.29) is 5.56 Å². The van der Waals surface area contributed by atoms with E-state index in [0.717, 1.165) is 0 Å². The van der Waals surface area contributed by atoms with E-state index in [1.54, 1.807) is 17.0 Å². The van der Waals surface area contributed by atoms with Crippen molar-refractivity contribution in [1.29, 1.82) is 0 Å². The fourth-order valence-electron chi connectivity index (χ4n) is 1.61. The molecule has 0 spiro atoms. The van der Waals surface area contributed by atoms with Crippen LogP contribution in [0.3, 0.4) is 0 Å². The van der Waals surface area contributed by atoms with Crippen LogP contribution in [-0.4, -0.2) is 25.0 Å². The standard InChI is InChI=1S/C14H12F3N3O/c1-20(2)12-4-3-9(7-18-12)19-14(21)8-5-10(15)13(17)11(16)6-8/h3-7H,1-2H3,(H,19,21). The van der Waals surface area contributed by atoms with Gasteiger partial charge in [-0.2, -0.15) is 0 Å². The van der Waals surface area contributed by atoms with E-state index in [1.165, 1.54) is 6.20 Å². The van der Waals surface area contributed by atoms with Gasteiger partial charge < -0.3 is 10.2 Å². The zero-order valence-corrected chi connectivity index (χ0v) is 11.3. The summed E-state index contributed by atoms with van der Waals surface area (Å²) in [5.41, 5.74) is 0.0406. The molecule has 0 saturated heterocycles. The van der Waals surface area contributed by atoms with Crippen LogP contribution < -0.4 is 10.2 Å². The van der Waals surface area contributed by atoms with Crippen molar-refractivity contribution in [3.63, 3.8) is 0 Å². The molecule has 1 amide bonds. The van der Waals surface area contributed by atoms with Crippen LogP contribution in [-0.2, 0) is 0 Å². The molecule has 0 unspecified atom stereocenters. The molecule has 0 bridgehead atoms. The Bertz CT molecular complexity index is 649. The summed E-state index contributed by atoms with van der Waals surface area (Å²) >= 11 is 0. The first-order valence-electron chi connectivity index (χ1n) is 5.97. The molecule has 1 heterocycles. The monoisotopic (exact) mass is 295 g/mol. The molecule has 110 valence electrons. The van der Waals surface area contributed by atoms with Gasteiger partial charge in [-0.15, -0.1) is 0 Å². The van der Waals surface area contributed by atoms with Gasteiger partial charge in [0.25, 0.3) is 5.91 Å². The van der Waals surface area contributed by atoms with Crippen LogP contribution in [0.1, 0.15) is 10.4 Å². The van der Waals surface area contributed by atoms with Gasteiger partial charge in [0, 0.05) is 19.7 Å². The summed E-state index contributed by atoms with van der Waals surface area (Å²) in [4.78, 5) is 17.7. The lowest BCUT2D eigenvalue weighted by atomic mass is 10.2. The number of pyridine rings is 1. The molecule has 2 rings (SSSR count). The Morgan fingerprint density at radius 2 is 1.76 bits per heavy atom. The van der Waals surface area contributed by atoms with Gasteiger partial charge in [-0.25, -0.2) is 18.2 Å². The van der Waals surface area contributed by atoms with Crippen LogP contribution in [0.25, 0.3) is 0 Å². The van der Waals surface area contributed by atoms with Crippen molar-refractivity contribution in [1.82, 2.24) is 4.98 Å². The predicted molar refractivity (Wildman–Crippen MR) is 72.8 cm³/mol. The lowest BCUT2D eigenvalue weighted by Crippen LogP contribution is -2.14. The summed E-state index contributed by atoms with van der Waals surface area (Å²) in [6.45, 7) is 0. The van der Waals surface area contributed by atoms with E-state index in [4.69, 9.17) is 0 Å². The largest absolute Gasteiger partial charge is 0.363 e. The summed E-state index contributed by atoms with van der Waals surface area (Å²) in [5, 5.41) is 2.42. The molecule has 1 N–H and O–H groups in total. The van der Waals surface area contributed by atoms with Crippen LogP contribution >= 0.6 is 0 Å². The fourth-order valence-corrected chi connectivity index (χ4v) is 1.61. The Morgan fingerprint density at radius 1 is 1.14 bits per heavy atom. The molecule has 1 aromatic heterocycles. The van der Waals surface area contributed by atoms with E-state index in [9.17, 15) is 18.0 Å². The highest BCUT2D eigenvalue weighted by molar-refractivity contribution is 6.04. The topological polar surface area (TPSA) is 45.2 Å². The second kappa shape index (κ2) is 5.82. The van der Waals surface area contributed by atoms with E-state index in [1.807, 2.05) is 14.1 Å². The fraction of sp³-hybridized carbons (Fsp3) is 0.143. The summed E-state index contributed by atoms with van der Waals surface area (Å²) in [7, 11) is 3.62. The number of carbonyl (C=O) groups is 1. The van der Waals surface area contributed by atoms with E-state index < -0.39 is 23.4 Å². The van der Waals surface area contributed by atoms with Crippen LogP contribution in [0.4, 0.5) is 24.7 Å². The predicted octanol–water partition coefficient (Wildman–Crippen LogP) is 2.82. The number of aromatic nitrogens is 1. The maximum absolute atomic E-state index is 13.1. The first-order chi connectivity index (χ1) is 9.88. The zero-order chi connectivity index (χ0) is 15.6. The van der Waals surface area contributed by atoms with Gasteiger partial charge in [0.1, 0.15) is 5.82 Å². The molecule has 0 atom stereocenters. The average molecular weight is 295 g/mol. The van der Waals surface area contributed by atoms with Crippen molar-refractivity contribution in [2.24, 2.45) is 0 Å². The molecule has 4 nitrogen and oxygen atoms in total.